The van der Waals surface area contributed by atoms with Gasteiger partial charge in [-0.15, -0.1) is 0 Å². The first kappa shape index (κ1) is 65.2. The second kappa shape index (κ2) is 27.6. The average Bonchev–Trinajstić information content (AvgIpc) is 1.56. The van der Waals surface area contributed by atoms with E-state index in [1.807, 2.05) is 24.3 Å². The number of benzene rings is 16. The summed E-state index contributed by atoms with van der Waals surface area (Å²) in [5.74, 6) is 1.40. The summed E-state index contributed by atoms with van der Waals surface area (Å²) in [5, 5.41) is 9.93. The summed E-state index contributed by atoms with van der Waals surface area (Å²) in [7, 11) is 0. The van der Waals surface area contributed by atoms with Crippen LogP contribution in [0.15, 0.2) is 413 Å². The molecular formula is C104H68N8. The topological polar surface area (TPSA) is 71.3 Å². The van der Waals surface area contributed by atoms with Crippen molar-refractivity contribution >= 4 is 87.2 Å². The molecule has 0 aliphatic heterocycles. The fraction of sp³-hybridized carbons (Fsp3) is 0. The van der Waals surface area contributed by atoms with Gasteiger partial charge in [0, 0.05) is 99.2 Å². The van der Waals surface area contributed by atoms with E-state index in [1.165, 1.54) is 87.2 Å². The summed E-state index contributed by atoms with van der Waals surface area (Å²) in [6.45, 7) is 0. The molecule has 0 unspecified atom stereocenters. The maximum atomic E-state index is 5.20. The highest BCUT2D eigenvalue weighted by Gasteiger charge is 2.23. The standard InChI is InChI=1S/2C52H34N4/c2*1-4-15-35(16-5-1)38-19-14-20-39(31-38)52-53-46(36-17-6-2-7-18-36)33-47(54-52)37-27-29-41(30-28-37)56-49-26-13-11-24-43(49)45-32-44-42-23-10-12-25-48(42)55(50(44)34-51(45)56)40-21-8-3-9-22-40/h2*1-34H. The molecule has 8 heteroatoms. The lowest BCUT2D eigenvalue weighted by atomic mass is 10.0. The van der Waals surface area contributed by atoms with Crippen LogP contribution in [0.3, 0.4) is 0 Å². The first-order valence-electron chi connectivity index (χ1n) is 38.0. The molecule has 0 aliphatic rings. The molecule has 8 nitrogen and oxygen atoms in total. The smallest absolute Gasteiger partial charge is 0.160 e. The van der Waals surface area contributed by atoms with Gasteiger partial charge >= 0.3 is 0 Å². The molecule has 0 N–H and O–H groups in total. The van der Waals surface area contributed by atoms with Crippen LogP contribution < -0.4 is 0 Å². The van der Waals surface area contributed by atoms with Gasteiger partial charge < -0.3 is 18.3 Å². The molecule has 0 fully saturated rings. The van der Waals surface area contributed by atoms with Crippen LogP contribution in [0.4, 0.5) is 0 Å². The molecule has 22 rings (SSSR count). The van der Waals surface area contributed by atoms with Crippen molar-refractivity contribution in [3.8, 4) is 113 Å². The van der Waals surface area contributed by atoms with Gasteiger partial charge in [0.1, 0.15) is 0 Å². The van der Waals surface area contributed by atoms with E-state index >= 15 is 0 Å². The van der Waals surface area contributed by atoms with Gasteiger partial charge in [0.05, 0.1) is 66.9 Å². The fourth-order valence-corrected chi connectivity index (χ4v) is 16.6. The minimum atomic E-state index is 0.698. The molecule has 6 heterocycles. The lowest BCUT2D eigenvalue weighted by Gasteiger charge is -2.12. The molecule has 0 bridgehead atoms. The molecule has 0 saturated heterocycles. The molecular weight excluding hydrogens is 1360 g/mol. The van der Waals surface area contributed by atoms with Crippen LogP contribution in [0.1, 0.15) is 0 Å². The van der Waals surface area contributed by atoms with Crippen molar-refractivity contribution in [1.29, 1.82) is 0 Å². The van der Waals surface area contributed by atoms with Crippen LogP contribution in [0.5, 0.6) is 0 Å². The molecule has 22 aromatic rings. The van der Waals surface area contributed by atoms with Crippen molar-refractivity contribution in [2.24, 2.45) is 0 Å². The van der Waals surface area contributed by atoms with E-state index in [1.54, 1.807) is 0 Å². The van der Waals surface area contributed by atoms with Crippen LogP contribution in [0.2, 0.25) is 0 Å². The van der Waals surface area contributed by atoms with Crippen molar-refractivity contribution in [2.45, 2.75) is 0 Å². The lowest BCUT2D eigenvalue weighted by molar-refractivity contribution is 1.16. The Bertz CT molecular complexity index is 6870. The summed E-state index contributed by atoms with van der Waals surface area (Å²) < 4.78 is 9.58. The Kier molecular flexibility index (Phi) is 16.1. The SMILES string of the molecule is c1ccc(-c2cccc(-c3nc(-c4ccccc4)cc(-c4ccc(-n5c6ccccc6c6cc7c8ccccc8n(-c8ccccc8)c7cc65)cc4)n3)c2)cc1.c1ccc(-c2cccc(-c3nc(-c4ccccc4)cc(-c4ccc(-n5c6ccccc6c6cc7c8ccccc8n(-c8ccccc8)c7cc65)cc4)n3)c2)cc1. The maximum Gasteiger partial charge on any atom is 0.160 e. The zero-order valence-corrected chi connectivity index (χ0v) is 60.8. The van der Waals surface area contributed by atoms with Crippen LogP contribution in [-0.2, 0) is 0 Å². The predicted molar refractivity (Wildman–Crippen MR) is 465 cm³/mol. The van der Waals surface area contributed by atoms with Crippen molar-refractivity contribution in [2.75, 3.05) is 0 Å². The minimum Gasteiger partial charge on any atom is -0.309 e. The van der Waals surface area contributed by atoms with Gasteiger partial charge in [0.15, 0.2) is 11.6 Å². The van der Waals surface area contributed by atoms with Gasteiger partial charge in [0.2, 0.25) is 0 Å². The van der Waals surface area contributed by atoms with E-state index in [9.17, 15) is 0 Å². The van der Waals surface area contributed by atoms with Crippen LogP contribution in [-0.4, -0.2) is 38.2 Å². The summed E-state index contributed by atoms with van der Waals surface area (Å²) in [6, 6.07) is 146. The van der Waals surface area contributed by atoms with Gasteiger partial charge in [-0.2, -0.15) is 0 Å². The molecule has 6 aromatic heterocycles. The Hall–Kier alpha value is -15.1. The van der Waals surface area contributed by atoms with Gasteiger partial charge in [-0.1, -0.05) is 291 Å². The fourth-order valence-electron chi connectivity index (χ4n) is 16.6. The molecule has 0 aliphatic carbocycles. The number of fused-ring (bicyclic) bond motifs is 12. The summed E-state index contributed by atoms with van der Waals surface area (Å²) in [4.78, 5) is 20.6. The third-order valence-electron chi connectivity index (χ3n) is 21.9. The summed E-state index contributed by atoms with van der Waals surface area (Å²) >= 11 is 0. The largest absolute Gasteiger partial charge is 0.309 e. The van der Waals surface area contributed by atoms with Gasteiger partial charge in [0.25, 0.3) is 0 Å². The highest BCUT2D eigenvalue weighted by atomic mass is 15.0. The second-order valence-electron chi connectivity index (χ2n) is 28.5. The van der Waals surface area contributed by atoms with Crippen molar-refractivity contribution in [3.63, 3.8) is 0 Å². The minimum absolute atomic E-state index is 0.698. The first-order chi connectivity index (χ1) is 55.5. The Labute approximate surface area is 646 Å². The van der Waals surface area contributed by atoms with Crippen LogP contribution in [0.25, 0.3) is 200 Å². The number of rotatable bonds is 12. The molecule has 0 atom stereocenters. The van der Waals surface area contributed by atoms with E-state index in [4.69, 9.17) is 19.9 Å². The van der Waals surface area contributed by atoms with Crippen molar-refractivity contribution in [3.05, 3.63) is 413 Å². The number of para-hydroxylation sites is 6. The van der Waals surface area contributed by atoms with Crippen LogP contribution >= 0.6 is 0 Å². The van der Waals surface area contributed by atoms with Crippen molar-refractivity contribution in [1.82, 2.24) is 38.2 Å². The van der Waals surface area contributed by atoms with Crippen LogP contribution in [0, 0.1) is 0 Å². The van der Waals surface area contributed by atoms with Gasteiger partial charge in [-0.25, -0.2) is 19.9 Å². The zero-order chi connectivity index (χ0) is 74.0. The average molecular weight is 1430 g/mol. The third-order valence-corrected chi connectivity index (χ3v) is 21.9. The Morgan fingerprint density at radius 1 is 0.134 bits per heavy atom. The number of aromatic nitrogens is 8. The van der Waals surface area contributed by atoms with E-state index in [-0.39, 0.29) is 0 Å². The predicted octanol–water partition coefficient (Wildman–Crippen LogP) is 26.7. The summed E-state index contributed by atoms with van der Waals surface area (Å²) in [6.07, 6.45) is 0. The maximum absolute atomic E-state index is 5.20. The van der Waals surface area contributed by atoms with Gasteiger partial charge in [-0.05, 0) is 144 Å². The lowest BCUT2D eigenvalue weighted by Crippen LogP contribution is -1.97. The first-order valence-corrected chi connectivity index (χ1v) is 38.0. The second-order valence-corrected chi connectivity index (χ2v) is 28.5. The Morgan fingerprint density at radius 3 is 0.670 bits per heavy atom. The van der Waals surface area contributed by atoms with E-state index in [0.29, 0.717) is 11.6 Å². The van der Waals surface area contributed by atoms with Gasteiger partial charge in [-0.3, -0.25) is 0 Å². The Balaban J connectivity index is 0.000000141. The van der Waals surface area contributed by atoms with E-state index < -0.39 is 0 Å². The highest BCUT2D eigenvalue weighted by molar-refractivity contribution is 6.21. The molecule has 0 saturated carbocycles. The molecule has 0 amide bonds. The zero-order valence-electron chi connectivity index (χ0n) is 60.8. The van der Waals surface area contributed by atoms with E-state index in [2.05, 4.69) is 407 Å². The van der Waals surface area contributed by atoms with E-state index in [0.717, 1.165) is 101 Å². The molecule has 0 radical (unpaired) electrons. The molecule has 0 spiro atoms. The number of nitrogens with zero attached hydrogens (tertiary/aromatic N) is 8. The molecule has 524 valence electrons. The Morgan fingerprint density at radius 2 is 0.366 bits per heavy atom. The van der Waals surface area contributed by atoms with Crippen molar-refractivity contribution < 1.29 is 0 Å². The monoisotopic (exact) mass is 1430 g/mol. The number of hydrogen-bond donors (Lipinski definition) is 0. The molecule has 16 aromatic carbocycles. The highest BCUT2D eigenvalue weighted by Crippen LogP contribution is 2.44. The normalized spacial score (nSPS) is 11.6. The third kappa shape index (κ3) is 11.6. The quantitative estimate of drug-likeness (QED) is 0.122. The molecule has 112 heavy (non-hydrogen) atoms. The number of hydrogen-bond acceptors (Lipinski definition) is 4. The summed E-state index contributed by atoms with van der Waals surface area (Å²) in [5.41, 5.74) is 28.2.